The Morgan fingerprint density at radius 2 is 1.40 bits per heavy atom. The zero-order chi connectivity index (χ0) is 20.2. The van der Waals surface area contributed by atoms with E-state index < -0.39 is 6.10 Å². The van der Waals surface area contributed by atoms with E-state index in [4.69, 9.17) is 9.47 Å². The van der Waals surface area contributed by atoms with Crippen LogP contribution in [0.15, 0.2) is 59.3 Å². The van der Waals surface area contributed by atoms with Crippen LogP contribution in [0, 0.1) is 17.8 Å². The molecule has 3 aliphatic carbocycles. The molecule has 3 aliphatic rings. The van der Waals surface area contributed by atoms with E-state index >= 15 is 0 Å². The molecule has 30 heavy (non-hydrogen) atoms. The lowest BCUT2D eigenvalue weighted by Gasteiger charge is -2.37. The second-order valence-electron chi connectivity index (χ2n) is 8.35. The molecule has 152 valence electrons. The largest absolute Gasteiger partial charge is 0.454 e. The quantitative estimate of drug-likeness (QED) is 0.530. The number of esters is 2. The fourth-order valence-electron chi connectivity index (χ4n) is 5.92. The number of hydrogen-bond acceptors (Lipinski definition) is 6. The van der Waals surface area contributed by atoms with Crippen molar-refractivity contribution in [2.24, 2.45) is 17.8 Å². The van der Waals surface area contributed by atoms with Gasteiger partial charge in [-0.2, -0.15) is 0 Å². The fourth-order valence-corrected chi connectivity index (χ4v) is 7.13. The van der Waals surface area contributed by atoms with Crippen LogP contribution >= 0.6 is 22.7 Å². The standard InChI is InChI=1S/C24H20O4S2/c25-23(18-7-3-9-29-18)27-21-16-12-17(22(21)28-24(26)19-8-4-10-30-19)20-14-6-2-1-5-13(14)11-15(16)20/h1-10,15-17,20-22H,11-12H2/t15?,16?,17-,20?,21?,22?/m1/s1. The first-order chi connectivity index (χ1) is 14.7. The Labute approximate surface area is 182 Å². The van der Waals surface area contributed by atoms with Gasteiger partial charge in [-0.1, -0.05) is 36.4 Å². The van der Waals surface area contributed by atoms with Gasteiger partial charge in [0.15, 0.2) is 0 Å². The third-order valence-corrected chi connectivity index (χ3v) is 8.69. The zero-order valence-corrected chi connectivity index (χ0v) is 17.7. The molecule has 2 bridgehead atoms. The van der Waals surface area contributed by atoms with E-state index in [9.17, 15) is 9.59 Å². The van der Waals surface area contributed by atoms with Gasteiger partial charge in [-0.3, -0.25) is 0 Å². The Hall–Kier alpha value is -2.44. The number of thiophene rings is 2. The normalized spacial score (nSPS) is 30.7. The van der Waals surface area contributed by atoms with Crippen LogP contribution in [-0.4, -0.2) is 24.1 Å². The van der Waals surface area contributed by atoms with Crippen molar-refractivity contribution in [1.82, 2.24) is 0 Å². The van der Waals surface area contributed by atoms with Crippen molar-refractivity contribution in [3.05, 3.63) is 80.2 Å². The highest BCUT2D eigenvalue weighted by Gasteiger charge is 2.63. The summed E-state index contributed by atoms with van der Waals surface area (Å²) in [5.74, 6) is 0.606. The Morgan fingerprint density at radius 3 is 2.03 bits per heavy atom. The topological polar surface area (TPSA) is 52.6 Å². The lowest BCUT2D eigenvalue weighted by Crippen LogP contribution is -2.45. The highest BCUT2D eigenvalue weighted by atomic mass is 32.1. The molecular weight excluding hydrogens is 416 g/mol. The zero-order valence-electron chi connectivity index (χ0n) is 16.1. The highest BCUT2D eigenvalue weighted by molar-refractivity contribution is 7.12. The predicted molar refractivity (Wildman–Crippen MR) is 115 cm³/mol. The van der Waals surface area contributed by atoms with Crippen molar-refractivity contribution >= 4 is 34.6 Å². The summed E-state index contributed by atoms with van der Waals surface area (Å²) in [4.78, 5) is 26.7. The first kappa shape index (κ1) is 18.3. The number of carbonyl (C=O) groups is 2. The summed E-state index contributed by atoms with van der Waals surface area (Å²) in [7, 11) is 0. The molecule has 4 nitrogen and oxygen atoms in total. The number of rotatable bonds is 4. The molecule has 2 heterocycles. The summed E-state index contributed by atoms with van der Waals surface area (Å²) < 4.78 is 12.1. The third kappa shape index (κ3) is 2.77. The van der Waals surface area contributed by atoms with Crippen molar-refractivity contribution in [2.75, 3.05) is 0 Å². The van der Waals surface area contributed by atoms with Gasteiger partial charge < -0.3 is 9.47 Å². The van der Waals surface area contributed by atoms with Crippen molar-refractivity contribution in [3.63, 3.8) is 0 Å². The number of carbonyl (C=O) groups excluding carboxylic acids is 2. The Morgan fingerprint density at radius 1 is 0.767 bits per heavy atom. The van der Waals surface area contributed by atoms with Crippen LogP contribution in [0.2, 0.25) is 0 Å². The second-order valence-corrected chi connectivity index (χ2v) is 10.2. The van der Waals surface area contributed by atoms with E-state index in [-0.39, 0.29) is 29.9 Å². The maximum absolute atomic E-state index is 12.8. The van der Waals surface area contributed by atoms with E-state index in [1.54, 1.807) is 12.1 Å². The van der Waals surface area contributed by atoms with Crippen molar-refractivity contribution in [3.8, 4) is 0 Å². The second kappa shape index (κ2) is 7.06. The number of ether oxygens (including phenoxy) is 2. The SMILES string of the molecule is O=C(OC1C2C[C@@H](C1OC(=O)c1cccs1)C1c3ccccc3CC21)c1cccs1. The lowest BCUT2D eigenvalue weighted by molar-refractivity contribution is -0.0694. The first-order valence-corrected chi connectivity index (χ1v) is 12.0. The molecule has 2 aromatic heterocycles. The minimum Gasteiger partial charge on any atom is -0.454 e. The molecular formula is C24H20O4S2. The van der Waals surface area contributed by atoms with E-state index in [2.05, 4.69) is 24.3 Å². The number of fused-ring (bicyclic) bond motifs is 7. The maximum Gasteiger partial charge on any atom is 0.348 e. The summed E-state index contributed by atoms with van der Waals surface area (Å²) in [5.41, 5.74) is 2.77. The minimum atomic E-state index is -0.402. The molecule has 3 aromatic rings. The van der Waals surface area contributed by atoms with Gasteiger partial charge in [0.1, 0.15) is 22.0 Å². The summed E-state index contributed by atoms with van der Waals surface area (Å²) in [6.45, 7) is 0. The molecule has 0 radical (unpaired) electrons. The lowest BCUT2D eigenvalue weighted by atomic mass is 9.76. The minimum absolute atomic E-state index is 0.189. The average Bonchev–Trinajstić information content (AvgIpc) is 3.55. The molecule has 0 aliphatic heterocycles. The highest BCUT2D eigenvalue weighted by Crippen LogP contribution is 2.62. The van der Waals surface area contributed by atoms with Crippen LogP contribution in [0.4, 0.5) is 0 Å². The molecule has 1 aromatic carbocycles. The number of hydrogen-bond donors (Lipinski definition) is 0. The van der Waals surface area contributed by atoms with Crippen molar-refractivity contribution < 1.29 is 19.1 Å². The molecule has 6 atom stereocenters. The molecule has 6 heteroatoms. The molecule has 0 N–H and O–H groups in total. The van der Waals surface area contributed by atoms with E-state index in [1.165, 1.54) is 33.8 Å². The average molecular weight is 437 g/mol. The molecule has 5 unspecified atom stereocenters. The van der Waals surface area contributed by atoms with Gasteiger partial charge in [-0.05, 0) is 58.7 Å². The van der Waals surface area contributed by atoms with Crippen LogP contribution in [0.5, 0.6) is 0 Å². The summed E-state index contributed by atoms with van der Waals surface area (Å²) in [6, 6.07) is 15.8. The molecule has 0 amide bonds. The van der Waals surface area contributed by atoms with Gasteiger partial charge in [-0.25, -0.2) is 9.59 Å². The van der Waals surface area contributed by atoms with Gasteiger partial charge >= 0.3 is 11.9 Å². The Kier molecular flexibility index (Phi) is 4.32. The Bertz CT molecular complexity index is 1090. The maximum atomic E-state index is 12.8. The predicted octanol–water partition coefficient (Wildman–Crippen LogP) is 5.17. The van der Waals surface area contributed by atoms with Gasteiger partial charge in [0.2, 0.25) is 0 Å². The molecule has 2 saturated carbocycles. The van der Waals surface area contributed by atoms with E-state index in [1.807, 2.05) is 22.9 Å². The van der Waals surface area contributed by atoms with E-state index in [0.717, 1.165) is 12.8 Å². The van der Waals surface area contributed by atoms with Crippen LogP contribution < -0.4 is 0 Å². The summed E-state index contributed by atoms with van der Waals surface area (Å²) in [6.07, 6.45) is 1.17. The third-order valence-electron chi connectivity index (χ3n) is 6.99. The fraction of sp³-hybridized carbons (Fsp3) is 0.333. The number of benzene rings is 1. The molecule has 6 rings (SSSR count). The van der Waals surface area contributed by atoms with Gasteiger partial charge in [-0.15, -0.1) is 22.7 Å². The molecule has 2 fully saturated rings. The van der Waals surface area contributed by atoms with Crippen molar-refractivity contribution in [2.45, 2.75) is 31.0 Å². The van der Waals surface area contributed by atoms with Crippen molar-refractivity contribution in [1.29, 1.82) is 0 Å². The van der Waals surface area contributed by atoms with Crippen LogP contribution in [0.3, 0.4) is 0 Å². The Balaban J connectivity index is 1.32. The smallest absolute Gasteiger partial charge is 0.348 e. The van der Waals surface area contributed by atoms with Gasteiger partial charge in [0.25, 0.3) is 0 Å². The van der Waals surface area contributed by atoms with Gasteiger partial charge in [0, 0.05) is 11.8 Å². The monoisotopic (exact) mass is 436 g/mol. The van der Waals surface area contributed by atoms with Crippen LogP contribution in [-0.2, 0) is 15.9 Å². The van der Waals surface area contributed by atoms with Crippen LogP contribution in [0.1, 0.15) is 42.8 Å². The summed E-state index contributed by atoms with van der Waals surface area (Å²) in [5, 5.41) is 3.74. The van der Waals surface area contributed by atoms with Crippen LogP contribution in [0.25, 0.3) is 0 Å². The first-order valence-electron chi connectivity index (χ1n) is 10.3. The summed E-state index contributed by atoms with van der Waals surface area (Å²) >= 11 is 2.75. The molecule has 0 spiro atoms. The van der Waals surface area contributed by atoms with E-state index in [0.29, 0.717) is 21.6 Å². The molecule has 0 saturated heterocycles. The van der Waals surface area contributed by atoms with Gasteiger partial charge in [0.05, 0.1) is 0 Å².